The van der Waals surface area contributed by atoms with Gasteiger partial charge in [0.1, 0.15) is 0 Å². The van der Waals surface area contributed by atoms with Gasteiger partial charge in [0.25, 0.3) is 0 Å². The van der Waals surface area contributed by atoms with Crippen molar-refractivity contribution in [1.82, 2.24) is 0 Å². The average molecular weight is 377 g/mol. The molecule has 0 fully saturated rings. The zero-order valence-corrected chi connectivity index (χ0v) is 17.3. The molecule has 1 aromatic rings. The van der Waals surface area contributed by atoms with Gasteiger partial charge in [0.2, 0.25) is 0 Å². The van der Waals surface area contributed by atoms with Gasteiger partial charge in [-0.2, -0.15) is 0 Å². The molecule has 0 aliphatic rings. The molecule has 0 spiro atoms. The number of rotatable bonds is 14. The first-order chi connectivity index (χ1) is 13.0. The molecule has 27 heavy (non-hydrogen) atoms. The van der Waals surface area contributed by atoms with E-state index in [1.165, 1.54) is 12.8 Å². The lowest BCUT2D eigenvalue weighted by Gasteiger charge is -2.17. The van der Waals surface area contributed by atoms with E-state index in [9.17, 15) is 14.7 Å². The highest BCUT2D eigenvalue weighted by Gasteiger charge is 2.22. The summed E-state index contributed by atoms with van der Waals surface area (Å²) >= 11 is 0. The van der Waals surface area contributed by atoms with Crippen LogP contribution in [-0.4, -0.2) is 23.7 Å². The summed E-state index contributed by atoms with van der Waals surface area (Å²) in [5.41, 5.74) is 1.03. The van der Waals surface area contributed by atoms with Crippen molar-refractivity contribution >= 4 is 11.9 Å². The van der Waals surface area contributed by atoms with Gasteiger partial charge in [-0.1, -0.05) is 84.3 Å². The summed E-state index contributed by atoms with van der Waals surface area (Å²) in [5.74, 6) is -1.13. The van der Waals surface area contributed by atoms with Gasteiger partial charge in [0.15, 0.2) is 0 Å². The predicted molar refractivity (Wildman–Crippen MR) is 109 cm³/mol. The van der Waals surface area contributed by atoms with Crippen LogP contribution in [0.1, 0.15) is 105 Å². The average Bonchev–Trinajstić information content (AvgIpc) is 2.67. The molecular weight excluding hydrogens is 340 g/mol. The van der Waals surface area contributed by atoms with Crippen LogP contribution in [0.15, 0.2) is 18.2 Å². The Morgan fingerprint density at radius 1 is 1.00 bits per heavy atom. The van der Waals surface area contributed by atoms with Crippen LogP contribution < -0.4 is 0 Å². The lowest BCUT2D eigenvalue weighted by atomic mass is 9.88. The van der Waals surface area contributed by atoms with Gasteiger partial charge in [-0.3, -0.25) is 0 Å². The number of hydrogen-bond donors (Lipinski definition) is 1. The van der Waals surface area contributed by atoms with Crippen LogP contribution in [0, 0.1) is 5.92 Å². The lowest BCUT2D eigenvalue weighted by Crippen LogP contribution is -2.16. The van der Waals surface area contributed by atoms with Crippen LogP contribution in [0.2, 0.25) is 0 Å². The number of carboxylic acid groups (broad SMARTS) is 1. The predicted octanol–water partition coefficient (Wildman–Crippen LogP) is 6.27. The molecule has 0 heterocycles. The summed E-state index contributed by atoms with van der Waals surface area (Å²) in [6, 6.07) is 5.17. The Balaban J connectivity index is 2.82. The Bertz CT molecular complexity index is 580. The quantitative estimate of drug-likeness (QED) is 0.307. The SMILES string of the molecule is CCCCCCCOC(=O)c1cccc(CC(CC)CCCC)c1C(=O)O. The third-order valence-electron chi connectivity index (χ3n) is 5.12. The number of aromatic carboxylic acids is 1. The summed E-state index contributed by atoms with van der Waals surface area (Å²) < 4.78 is 5.35. The van der Waals surface area contributed by atoms with E-state index in [0.29, 0.717) is 18.9 Å². The molecule has 0 radical (unpaired) electrons. The number of unbranched alkanes of at least 4 members (excludes halogenated alkanes) is 5. The van der Waals surface area contributed by atoms with E-state index in [2.05, 4.69) is 20.8 Å². The first kappa shape index (κ1) is 23.2. The first-order valence-corrected chi connectivity index (χ1v) is 10.6. The van der Waals surface area contributed by atoms with E-state index < -0.39 is 11.9 Å². The van der Waals surface area contributed by atoms with Crippen LogP contribution in [-0.2, 0) is 11.2 Å². The second-order valence-corrected chi connectivity index (χ2v) is 7.32. The standard InChI is InChI=1S/C23H36O4/c1-4-7-9-10-11-16-27-23(26)20-15-12-14-19(21(20)22(24)25)17-18(6-3)13-8-5-2/h12,14-15,18H,4-11,13,16-17H2,1-3H3,(H,24,25). The van der Waals surface area contributed by atoms with Crippen molar-refractivity contribution in [2.24, 2.45) is 5.92 Å². The Morgan fingerprint density at radius 2 is 1.70 bits per heavy atom. The summed E-state index contributed by atoms with van der Waals surface area (Å²) in [7, 11) is 0. The topological polar surface area (TPSA) is 63.6 Å². The van der Waals surface area contributed by atoms with E-state index in [0.717, 1.165) is 50.5 Å². The summed E-state index contributed by atoms with van der Waals surface area (Å²) in [5, 5.41) is 9.72. The number of carbonyl (C=O) groups excluding carboxylic acids is 1. The highest BCUT2D eigenvalue weighted by molar-refractivity contribution is 6.03. The molecule has 1 atom stereocenters. The van der Waals surface area contributed by atoms with Crippen molar-refractivity contribution in [2.45, 2.75) is 85.0 Å². The minimum atomic E-state index is -1.05. The fourth-order valence-electron chi connectivity index (χ4n) is 3.40. The summed E-state index contributed by atoms with van der Waals surface area (Å²) in [6.45, 7) is 6.80. The summed E-state index contributed by atoms with van der Waals surface area (Å²) in [4.78, 5) is 24.3. The number of hydrogen-bond acceptors (Lipinski definition) is 3. The number of benzene rings is 1. The molecule has 0 amide bonds. The molecule has 0 aliphatic carbocycles. The minimum Gasteiger partial charge on any atom is -0.478 e. The number of carbonyl (C=O) groups is 2. The zero-order chi connectivity index (χ0) is 20.1. The molecule has 1 rings (SSSR count). The monoisotopic (exact) mass is 376 g/mol. The van der Waals surface area contributed by atoms with Gasteiger partial charge in [-0.05, 0) is 30.4 Å². The van der Waals surface area contributed by atoms with Crippen molar-refractivity contribution in [3.05, 3.63) is 34.9 Å². The minimum absolute atomic E-state index is 0.114. The van der Waals surface area contributed by atoms with Crippen LogP contribution in [0.5, 0.6) is 0 Å². The molecular formula is C23H36O4. The van der Waals surface area contributed by atoms with Gasteiger partial charge in [0.05, 0.1) is 17.7 Å². The lowest BCUT2D eigenvalue weighted by molar-refractivity contribution is 0.0487. The molecule has 0 bridgehead atoms. The van der Waals surface area contributed by atoms with Gasteiger partial charge < -0.3 is 9.84 Å². The molecule has 4 nitrogen and oxygen atoms in total. The molecule has 1 aromatic carbocycles. The first-order valence-electron chi connectivity index (χ1n) is 10.6. The van der Waals surface area contributed by atoms with Crippen molar-refractivity contribution < 1.29 is 19.4 Å². The smallest absolute Gasteiger partial charge is 0.339 e. The van der Waals surface area contributed by atoms with Crippen molar-refractivity contribution in [2.75, 3.05) is 6.61 Å². The summed E-state index contributed by atoms with van der Waals surface area (Å²) in [6.07, 6.45) is 10.4. The molecule has 0 saturated heterocycles. The van der Waals surface area contributed by atoms with Crippen LogP contribution in [0.4, 0.5) is 0 Å². The highest BCUT2D eigenvalue weighted by atomic mass is 16.5. The largest absolute Gasteiger partial charge is 0.478 e. The number of ether oxygens (including phenoxy) is 1. The van der Waals surface area contributed by atoms with Crippen molar-refractivity contribution in [3.63, 3.8) is 0 Å². The molecule has 1 unspecified atom stereocenters. The fourth-order valence-corrected chi connectivity index (χ4v) is 3.40. The van der Waals surface area contributed by atoms with Gasteiger partial charge in [0, 0.05) is 0 Å². The second-order valence-electron chi connectivity index (χ2n) is 7.32. The normalized spacial score (nSPS) is 12.0. The zero-order valence-electron chi connectivity index (χ0n) is 17.3. The van der Waals surface area contributed by atoms with Crippen molar-refractivity contribution in [3.8, 4) is 0 Å². The van der Waals surface area contributed by atoms with E-state index in [1.54, 1.807) is 12.1 Å². The fraction of sp³-hybridized carbons (Fsp3) is 0.652. The van der Waals surface area contributed by atoms with E-state index in [-0.39, 0.29) is 11.1 Å². The van der Waals surface area contributed by atoms with Crippen molar-refractivity contribution in [1.29, 1.82) is 0 Å². The van der Waals surface area contributed by atoms with E-state index in [4.69, 9.17) is 4.74 Å². The maximum Gasteiger partial charge on any atom is 0.339 e. The highest BCUT2D eigenvalue weighted by Crippen LogP contribution is 2.24. The van der Waals surface area contributed by atoms with Crippen LogP contribution >= 0.6 is 0 Å². The molecule has 152 valence electrons. The Morgan fingerprint density at radius 3 is 2.33 bits per heavy atom. The Hall–Kier alpha value is -1.84. The van der Waals surface area contributed by atoms with Gasteiger partial charge in [-0.25, -0.2) is 9.59 Å². The molecule has 0 saturated carbocycles. The molecule has 1 N–H and O–H groups in total. The third kappa shape index (κ3) is 8.15. The number of esters is 1. The number of carboxylic acids is 1. The van der Waals surface area contributed by atoms with Crippen LogP contribution in [0.25, 0.3) is 0 Å². The molecule has 4 heteroatoms. The van der Waals surface area contributed by atoms with E-state index in [1.807, 2.05) is 6.07 Å². The maximum atomic E-state index is 12.5. The van der Waals surface area contributed by atoms with Crippen LogP contribution in [0.3, 0.4) is 0 Å². The second kappa shape index (κ2) is 13.3. The molecule has 0 aliphatic heterocycles. The van der Waals surface area contributed by atoms with Gasteiger partial charge in [-0.15, -0.1) is 0 Å². The Kier molecular flexibility index (Phi) is 11.5. The molecule has 0 aromatic heterocycles. The Labute approximate surface area is 164 Å². The van der Waals surface area contributed by atoms with Gasteiger partial charge >= 0.3 is 11.9 Å². The maximum absolute atomic E-state index is 12.5. The third-order valence-corrected chi connectivity index (χ3v) is 5.12. The van der Waals surface area contributed by atoms with E-state index >= 15 is 0 Å².